The molecular formula is C9H12Cl2N2O2. The summed E-state index contributed by atoms with van der Waals surface area (Å²) in [6.07, 6.45) is 0. The third-order valence-corrected chi connectivity index (χ3v) is 2.90. The van der Waals surface area contributed by atoms with Crippen molar-refractivity contribution in [3.8, 4) is 0 Å². The number of urea groups is 1. The van der Waals surface area contributed by atoms with Crippen LogP contribution in [0.15, 0.2) is 12.3 Å². The van der Waals surface area contributed by atoms with Crippen LogP contribution in [0.4, 0.5) is 4.79 Å². The number of hydrogen-bond acceptors (Lipinski definition) is 2. The molecule has 1 atom stereocenters. The summed E-state index contributed by atoms with van der Waals surface area (Å²) < 4.78 is 1.28. The number of imide groups is 1. The van der Waals surface area contributed by atoms with Crippen LogP contribution < -0.4 is 0 Å². The number of halogens is 2. The van der Waals surface area contributed by atoms with Gasteiger partial charge in [0.2, 0.25) is 0 Å². The van der Waals surface area contributed by atoms with Crippen LogP contribution in [0.2, 0.25) is 0 Å². The first-order valence-electron chi connectivity index (χ1n) is 4.36. The number of carbonyl (C=O) groups is 2. The molecule has 0 N–H and O–H groups in total. The van der Waals surface area contributed by atoms with Gasteiger partial charge in [-0.05, 0) is 5.41 Å². The summed E-state index contributed by atoms with van der Waals surface area (Å²) >= 11 is 11.2. The Kier molecular flexibility index (Phi) is 3.03. The molecule has 15 heavy (non-hydrogen) atoms. The minimum atomic E-state index is -0.783. The zero-order valence-electron chi connectivity index (χ0n) is 8.75. The lowest BCUT2D eigenvalue weighted by molar-refractivity contribution is -0.132. The van der Waals surface area contributed by atoms with E-state index in [1.54, 1.807) is 0 Å². The lowest BCUT2D eigenvalue weighted by atomic mass is 9.77. The molecular weight excluding hydrogens is 239 g/mol. The average molecular weight is 251 g/mol. The molecule has 1 unspecified atom stereocenters. The van der Waals surface area contributed by atoms with Gasteiger partial charge in [0, 0.05) is 29.3 Å². The normalized spacial score (nSPS) is 23.8. The van der Waals surface area contributed by atoms with Gasteiger partial charge < -0.3 is 0 Å². The summed E-state index contributed by atoms with van der Waals surface area (Å²) in [5.74, 6) is -1.08. The highest BCUT2D eigenvalue weighted by molar-refractivity contribution is 6.36. The van der Waals surface area contributed by atoms with Gasteiger partial charge in [0.1, 0.15) is 0 Å². The molecule has 4 nitrogen and oxygen atoms in total. The van der Waals surface area contributed by atoms with Gasteiger partial charge in [0.15, 0.2) is 0 Å². The summed E-state index contributed by atoms with van der Waals surface area (Å²) in [5, 5.41) is 0. The van der Waals surface area contributed by atoms with Gasteiger partial charge in [-0.25, -0.2) is 9.21 Å². The van der Waals surface area contributed by atoms with E-state index >= 15 is 0 Å². The second kappa shape index (κ2) is 3.68. The van der Waals surface area contributed by atoms with E-state index in [9.17, 15) is 9.59 Å². The van der Waals surface area contributed by atoms with Crippen LogP contribution in [0.3, 0.4) is 0 Å². The molecule has 1 rings (SSSR count). The maximum absolute atomic E-state index is 11.8. The van der Waals surface area contributed by atoms with Gasteiger partial charge >= 0.3 is 6.03 Å². The number of hydrogen-bond donors (Lipinski definition) is 0. The summed E-state index contributed by atoms with van der Waals surface area (Å²) in [6.45, 7) is 9.20. The lowest BCUT2D eigenvalue weighted by Crippen LogP contribution is -2.51. The highest BCUT2D eigenvalue weighted by atomic mass is 35.5. The largest absolute Gasteiger partial charge is 0.360 e. The predicted molar refractivity (Wildman–Crippen MR) is 57.9 cm³/mol. The van der Waals surface area contributed by atoms with Crippen LogP contribution >= 0.6 is 23.6 Å². The van der Waals surface area contributed by atoms with Crippen LogP contribution in [0.1, 0.15) is 20.8 Å². The molecule has 3 amide bonds. The van der Waals surface area contributed by atoms with Crippen molar-refractivity contribution in [2.45, 2.75) is 20.8 Å². The Morgan fingerprint density at radius 2 is 1.67 bits per heavy atom. The van der Waals surface area contributed by atoms with E-state index in [4.69, 9.17) is 23.6 Å². The first-order valence-corrected chi connectivity index (χ1v) is 5.04. The number of rotatable bonds is 0. The lowest BCUT2D eigenvalue weighted by Gasteiger charge is -2.39. The fourth-order valence-corrected chi connectivity index (χ4v) is 1.92. The van der Waals surface area contributed by atoms with Crippen molar-refractivity contribution >= 4 is 35.5 Å². The molecule has 0 saturated carbocycles. The Bertz CT molecular complexity index is 311. The SMILES string of the molecule is C=C1C(C(C)(C)C)C(=O)N(Cl)C(=O)N1Cl. The first kappa shape index (κ1) is 12.3. The van der Waals surface area contributed by atoms with E-state index in [1.807, 2.05) is 20.8 Å². The van der Waals surface area contributed by atoms with E-state index < -0.39 is 23.3 Å². The molecule has 1 aliphatic rings. The molecule has 0 spiro atoms. The Hall–Kier alpha value is -0.740. The Labute approximate surface area is 98.6 Å². The molecule has 0 aliphatic carbocycles. The summed E-state index contributed by atoms with van der Waals surface area (Å²) in [6, 6.07) is -0.783. The molecule has 1 heterocycles. The third kappa shape index (κ3) is 1.96. The van der Waals surface area contributed by atoms with E-state index in [2.05, 4.69) is 6.58 Å². The molecule has 0 bridgehead atoms. The van der Waals surface area contributed by atoms with E-state index in [1.165, 1.54) is 0 Å². The molecule has 1 fully saturated rings. The van der Waals surface area contributed by atoms with Gasteiger partial charge in [0.05, 0.1) is 5.92 Å². The number of carbonyl (C=O) groups excluding carboxylic acids is 2. The minimum Gasteiger partial charge on any atom is -0.272 e. The van der Waals surface area contributed by atoms with Gasteiger partial charge in [-0.2, -0.15) is 4.42 Å². The van der Waals surface area contributed by atoms with E-state index in [0.29, 0.717) is 4.42 Å². The standard InChI is InChI=1S/C9H12Cl2N2O2/c1-5-6(9(2,3)4)7(14)13(11)8(15)12(5)10/h6H,1H2,2-4H3. The monoisotopic (exact) mass is 250 g/mol. The predicted octanol–water partition coefficient (Wildman–Crippen LogP) is 2.73. The molecule has 84 valence electrons. The van der Waals surface area contributed by atoms with Crippen molar-refractivity contribution in [3.63, 3.8) is 0 Å². The zero-order chi connectivity index (χ0) is 12.0. The van der Waals surface area contributed by atoms with Crippen LogP contribution in [-0.4, -0.2) is 20.8 Å². The highest BCUT2D eigenvalue weighted by Gasteiger charge is 2.46. The maximum Gasteiger partial charge on any atom is 0.360 e. The molecule has 0 radical (unpaired) electrons. The number of nitrogens with zero attached hydrogens (tertiary/aromatic N) is 2. The topological polar surface area (TPSA) is 40.6 Å². The van der Waals surface area contributed by atoms with E-state index in [0.717, 1.165) is 4.42 Å². The molecule has 0 aromatic heterocycles. The smallest absolute Gasteiger partial charge is 0.272 e. The van der Waals surface area contributed by atoms with Crippen molar-refractivity contribution < 1.29 is 9.59 Å². The van der Waals surface area contributed by atoms with Gasteiger partial charge in [0.25, 0.3) is 5.91 Å². The molecule has 1 aliphatic heterocycles. The molecule has 0 aromatic carbocycles. The summed E-state index contributed by atoms with van der Waals surface area (Å²) in [7, 11) is 0. The maximum atomic E-state index is 11.8. The molecule has 0 aromatic rings. The van der Waals surface area contributed by atoms with Gasteiger partial charge in [-0.1, -0.05) is 27.4 Å². The fraction of sp³-hybridized carbons (Fsp3) is 0.556. The van der Waals surface area contributed by atoms with Gasteiger partial charge in [-0.3, -0.25) is 4.79 Å². The minimum absolute atomic E-state index is 0.260. The zero-order valence-corrected chi connectivity index (χ0v) is 10.3. The van der Waals surface area contributed by atoms with Crippen LogP contribution in [0, 0.1) is 11.3 Å². The van der Waals surface area contributed by atoms with Crippen molar-refractivity contribution in [2.24, 2.45) is 11.3 Å². The second-order valence-electron chi connectivity index (χ2n) is 4.47. The fourth-order valence-electron chi connectivity index (χ4n) is 1.53. The third-order valence-electron chi connectivity index (χ3n) is 2.23. The van der Waals surface area contributed by atoms with Crippen LogP contribution in [0.25, 0.3) is 0 Å². The average Bonchev–Trinajstić information content (AvgIpc) is 2.09. The molecule has 1 saturated heterocycles. The summed E-state index contributed by atoms with van der Waals surface area (Å²) in [5.41, 5.74) is -0.133. The Morgan fingerprint density at radius 1 is 1.20 bits per heavy atom. The first-order chi connectivity index (χ1) is 6.68. The van der Waals surface area contributed by atoms with Crippen molar-refractivity contribution in [1.29, 1.82) is 0 Å². The quantitative estimate of drug-likeness (QED) is 0.621. The Balaban J connectivity index is 3.14. The van der Waals surface area contributed by atoms with Crippen LogP contribution in [0.5, 0.6) is 0 Å². The van der Waals surface area contributed by atoms with E-state index in [-0.39, 0.29) is 5.70 Å². The second-order valence-corrected chi connectivity index (χ2v) is 5.15. The molecule has 6 heteroatoms. The van der Waals surface area contributed by atoms with Gasteiger partial charge in [-0.15, -0.1) is 0 Å². The number of amides is 3. The summed E-state index contributed by atoms with van der Waals surface area (Å²) in [4.78, 5) is 23.1. The Morgan fingerprint density at radius 3 is 2.07 bits per heavy atom. The van der Waals surface area contributed by atoms with Crippen molar-refractivity contribution in [1.82, 2.24) is 8.84 Å². The van der Waals surface area contributed by atoms with Crippen LogP contribution in [-0.2, 0) is 4.79 Å². The van der Waals surface area contributed by atoms with Crippen molar-refractivity contribution in [2.75, 3.05) is 0 Å². The highest BCUT2D eigenvalue weighted by Crippen LogP contribution is 2.39. The van der Waals surface area contributed by atoms with Crippen molar-refractivity contribution in [3.05, 3.63) is 12.3 Å².